The van der Waals surface area contributed by atoms with Crippen molar-refractivity contribution in [3.05, 3.63) is 29.6 Å². The summed E-state index contributed by atoms with van der Waals surface area (Å²) >= 11 is 0. The minimum absolute atomic E-state index is 0.0735. The smallest absolute Gasteiger partial charge is 0.335 e. The van der Waals surface area contributed by atoms with Gasteiger partial charge < -0.3 is 9.67 Å². The van der Waals surface area contributed by atoms with Crippen LogP contribution < -0.4 is 0 Å². The third-order valence-electron chi connectivity index (χ3n) is 3.86. The zero-order chi connectivity index (χ0) is 15.8. The first-order valence-electron chi connectivity index (χ1n) is 7.48. The number of benzene rings is 1. The number of carbonyl (C=O) groups is 1. The van der Waals surface area contributed by atoms with Gasteiger partial charge in [-0.1, -0.05) is 41.0 Å². The molecule has 1 N–H and O–H groups in total. The number of carboxylic acids is 1. The van der Waals surface area contributed by atoms with Gasteiger partial charge in [0.1, 0.15) is 5.82 Å². The molecule has 1 atom stereocenters. The van der Waals surface area contributed by atoms with Gasteiger partial charge in [-0.05, 0) is 24.1 Å². The fourth-order valence-corrected chi connectivity index (χ4v) is 2.45. The van der Waals surface area contributed by atoms with Crippen LogP contribution in [0.25, 0.3) is 11.0 Å². The van der Waals surface area contributed by atoms with Crippen molar-refractivity contribution in [2.45, 2.75) is 53.0 Å². The van der Waals surface area contributed by atoms with Gasteiger partial charge in [0.15, 0.2) is 0 Å². The molecule has 4 nitrogen and oxygen atoms in total. The van der Waals surface area contributed by atoms with E-state index in [-0.39, 0.29) is 5.41 Å². The molecule has 0 saturated heterocycles. The molecule has 0 saturated carbocycles. The van der Waals surface area contributed by atoms with Crippen molar-refractivity contribution in [1.82, 2.24) is 9.55 Å². The van der Waals surface area contributed by atoms with Crippen molar-refractivity contribution in [1.29, 1.82) is 0 Å². The van der Waals surface area contributed by atoms with E-state index in [1.807, 2.05) is 0 Å². The van der Waals surface area contributed by atoms with Crippen LogP contribution in [0, 0.1) is 5.92 Å². The van der Waals surface area contributed by atoms with Crippen molar-refractivity contribution in [2.24, 2.45) is 5.92 Å². The minimum atomic E-state index is -0.898. The van der Waals surface area contributed by atoms with E-state index < -0.39 is 5.97 Å². The maximum absolute atomic E-state index is 11.2. The minimum Gasteiger partial charge on any atom is -0.478 e. The maximum Gasteiger partial charge on any atom is 0.335 e. The third kappa shape index (κ3) is 3.09. The average molecular weight is 288 g/mol. The van der Waals surface area contributed by atoms with Crippen LogP contribution in [0.1, 0.15) is 57.2 Å². The molecule has 2 aromatic rings. The number of fused-ring (bicyclic) bond motifs is 1. The molecule has 2 rings (SSSR count). The van der Waals surface area contributed by atoms with Gasteiger partial charge in [0.05, 0.1) is 16.6 Å². The Labute approximate surface area is 125 Å². The number of aromatic carboxylic acids is 1. The largest absolute Gasteiger partial charge is 0.478 e. The first kappa shape index (κ1) is 15.5. The molecule has 0 bridgehead atoms. The molecule has 4 heteroatoms. The summed E-state index contributed by atoms with van der Waals surface area (Å²) in [5, 5.41) is 9.20. The monoisotopic (exact) mass is 288 g/mol. The van der Waals surface area contributed by atoms with Crippen LogP contribution in [0.4, 0.5) is 0 Å². The van der Waals surface area contributed by atoms with Crippen LogP contribution in [-0.4, -0.2) is 20.6 Å². The summed E-state index contributed by atoms with van der Waals surface area (Å²) in [5.41, 5.74) is 2.03. The van der Waals surface area contributed by atoms with Gasteiger partial charge in [0.25, 0.3) is 0 Å². The van der Waals surface area contributed by atoms with E-state index in [4.69, 9.17) is 4.98 Å². The predicted molar refractivity (Wildman–Crippen MR) is 84.8 cm³/mol. The average Bonchev–Trinajstić information content (AvgIpc) is 2.76. The van der Waals surface area contributed by atoms with E-state index in [0.29, 0.717) is 11.5 Å². The molecule has 21 heavy (non-hydrogen) atoms. The fourth-order valence-electron chi connectivity index (χ4n) is 2.45. The van der Waals surface area contributed by atoms with Crippen molar-refractivity contribution in [2.75, 3.05) is 0 Å². The maximum atomic E-state index is 11.2. The van der Waals surface area contributed by atoms with Crippen molar-refractivity contribution < 1.29 is 9.90 Å². The van der Waals surface area contributed by atoms with Gasteiger partial charge in [-0.15, -0.1) is 0 Å². The third-order valence-corrected chi connectivity index (χ3v) is 3.86. The molecule has 0 spiro atoms. The van der Waals surface area contributed by atoms with Crippen LogP contribution in [0.3, 0.4) is 0 Å². The molecular formula is C17H24N2O2. The van der Waals surface area contributed by atoms with Crippen molar-refractivity contribution >= 4 is 17.0 Å². The van der Waals surface area contributed by atoms with E-state index in [1.165, 1.54) is 0 Å². The van der Waals surface area contributed by atoms with Gasteiger partial charge in [-0.2, -0.15) is 0 Å². The summed E-state index contributed by atoms with van der Waals surface area (Å²) in [4.78, 5) is 16.0. The molecule has 1 heterocycles. The highest BCUT2D eigenvalue weighted by Gasteiger charge is 2.24. The lowest BCUT2D eigenvalue weighted by Crippen LogP contribution is -2.21. The van der Waals surface area contributed by atoms with Crippen LogP contribution in [-0.2, 0) is 12.0 Å². The van der Waals surface area contributed by atoms with Gasteiger partial charge >= 0.3 is 5.97 Å². The predicted octanol–water partition coefficient (Wildman–Crippen LogP) is 4.08. The lowest BCUT2D eigenvalue weighted by molar-refractivity contribution is 0.0697. The molecule has 114 valence electrons. The molecule has 1 unspecified atom stereocenters. The van der Waals surface area contributed by atoms with E-state index in [9.17, 15) is 9.90 Å². The zero-order valence-corrected chi connectivity index (χ0v) is 13.5. The first-order valence-corrected chi connectivity index (χ1v) is 7.48. The second-order valence-corrected chi connectivity index (χ2v) is 6.82. The SMILES string of the molecule is CCC(C)Cn1c(C(C)(C)C)nc2ccc(C(=O)O)cc21. The Morgan fingerprint density at radius 2 is 2.05 bits per heavy atom. The van der Waals surface area contributed by atoms with Gasteiger partial charge in [0.2, 0.25) is 0 Å². The van der Waals surface area contributed by atoms with Crippen LogP contribution in [0.5, 0.6) is 0 Å². The Kier molecular flexibility index (Phi) is 4.08. The molecule has 0 aliphatic carbocycles. The quantitative estimate of drug-likeness (QED) is 0.922. The van der Waals surface area contributed by atoms with Crippen molar-refractivity contribution in [3.8, 4) is 0 Å². The summed E-state index contributed by atoms with van der Waals surface area (Å²) in [6.07, 6.45) is 1.09. The van der Waals surface area contributed by atoms with Crippen LogP contribution in [0.15, 0.2) is 18.2 Å². The molecule has 1 aromatic carbocycles. The molecule has 0 aliphatic rings. The highest BCUT2D eigenvalue weighted by molar-refractivity contribution is 5.92. The zero-order valence-electron chi connectivity index (χ0n) is 13.5. The molecular weight excluding hydrogens is 264 g/mol. The first-order chi connectivity index (χ1) is 9.74. The number of hydrogen-bond donors (Lipinski definition) is 1. The molecule has 0 aliphatic heterocycles. The van der Waals surface area contributed by atoms with Gasteiger partial charge in [-0.25, -0.2) is 9.78 Å². The van der Waals surface area contributed by atoms with Gasteiger partial charge in [0, 0.05) is 12.0 Å². The van der Waals surface area contributed by atoms with Crippen LogP contribution in [0.2, 0.25) is 0 Å². The molecule has 0 amide bonds. The summed E-state index contributed by atoms with van der Waals surface area (Å²) in [6, 6.07) is 5.17. The normalized spacial score (nSPS) is 13.6. The Morgan fingerprint density at radius 3 is 2.57 bits per heavy atom. The molecule has 0 radical (unpaired) electrons. The van der Waals surface area contributed by atoms with Gasteiger partial charge in [-0.3, -0.25) is 0 Å². The summed E-state index contributed by atoms with van der Waals surface area (Å²) in [5.74, 6) is 0.642. The van der Waals surface area contributed by atoms with E-state index in [2.05, 4.69) is 39.2 Å². The topological polar surface area (TPSA) is 55.1 Å². The molecule has 1 aromatic heterocycles. The lowest BCUT2D eigenvalue weighted by atomic mass is 9.95. The molecule has 0 fully saturated rings. The Hall–Kier alpha value is -1.84. The summed E-state index contributed by atoms with van der Waals surface area (Å²) in [7, 11) is 0. The van der Waals surface area contributed by atoms with E-state index in [1.54, 1.807) is 18.2 Å². The number of imidazole rings is 1. The highest BCUT2D eigenvalue weighted by atomic mass is 16.4. The number of carboxylic acid groups (broad SMARTS) is 1. The van der Waals surface area contributed by atoms with E-state index >= 15 is 0 Å². The van der Waals surface area contributed by atoms with Crippen molar-refractivity contribution in [3.63, 3.8) is 0 Å². The van der Waals surface area contributed by atoms with Crippen LogP contribution >= 0.6 is 0 Å². The summed E-state index contributed by atoms with van der Waals surface area (Å²) in [6.45, 7) is 11.7. The Balaban J connectivity index is 2.67. The highest BCUT2D eigenvalue weighted by Crippen LogP contribution is 2.28. The second kappa shape index (κ2) is 5.51. The summed E-state index contributed by atoms with van der Waals surface area (Å²) < 4.78 is 2.19. The van der Waals surface area contributed by atoms with E-state index in [0.717, 1.165) is 29.8 Å². The number of nitrogens with zero attached hydrogens (tertiary/aromatic N) is 2. The second-order valence-electron chi connectivity index (χ2n) is 6.82. The number of rotatable bonds is 4. The standard InChI is InChI=1S/C17H24N2O2/c1-6-11(2)10-19-14-9-12(15(20)21)7-8-13(14)18-16(19)17(3,4)5/h7-9,11H,6,10H2,1-5H3,(H,20,21). The fraction of sp³-hybridized carbons (Fsp3) is 0.529. The number of aromatic nitrogens is 2. The number of hydrogen-bond acceptors (Lipinski definition) is 2. The Bertz CT molecular complexity index is 665. The lowest BCUT2D eigenvalue weighted by Gasteiger charge is -2.22. The Morgan fingerprint density at radius 1 is 1.38 bits per heavy atom.